The lowest BCUT2D eigenvalue weighted by Gasteiger charge is -2.25. The third-order valence-electron chi connectivity index (χ3n) is 4.65. The van der Waals surface area contributed by atoms with Crippen molar-refractivity contribution >= 4 is 28.6 Å². The summed E-state index contributed by atoms with van der Waals surface area (Å²) in [5.41, 5.74) is 1.95. The van der Waals surface area contributed by atoms with Crippen LogP contribution in [0.2, 0.25) is 0 Å². The fraction of sp³-hybridized carbons (Fsp3) is 0.190. The second-order valence-corrected chi connectivity index (χ2v) is 7.58. The van der Waals surface area contributed by atoms with E-state index in [1.807, 2.05) is 24.3 Å². The van der Waals surface area contributed by atoms with Gasteiger partial charge in [0.15, 0.2) is 5.76 Å². The Morgan fingerprint density at radius 3 is 2.46 bits per heavy atom. The van der Waals surface area contributed by atoms with Crippen molar-refractivity contribution in [2.75, 3.05) is 13.9 Å². The van der Waals surface area contributed by atoms with Crippen molar-refractivity contribution in [2.24, 2.45) is 0 Å². The van der Waals surface area contributed by atoms with E-state index in [0.717, 1.165) is 9.13 Å². The van der Waals surface area contributed by atoms with Gasteiger partial charge in [-0.2, -0.15) is 0 Å². The summed E-state index contributed by atoms with van der Waals surface area (Å²) in [6.07, 6.45) is 1.67. The van der Waals surface area contributed by atoms with Crippen LogP contribution in [0.5, 0.6) is 5.75 Å². The molecule has 0 saturated heterocycles. The first-order valence-electron chi connectivity index (χ1n) is 8.54. The number of rotatable bonds is 5. The van der Waals surface area contributed by atoms with Crippen LogP contribution < -0.4 is 4.74 Å². The minimum Gasteiger partial charge on any atom is -0.497 e. The average molecular weight is 492 g/mol. The zero-order valence-corrected chi connectivity index (χ0v) is 17.1. The van der Waals surface area contributed by atoms with Gasteiger partial charge in [0.2, 0.25) is 6.79 Å². The molecule has 7 heteroatoms. The highest BCUT2D eigenvalue weighted by Crippen LogP contribution is 2.44. The Morgan fingerprint density at radius 2 is 1.86 bits per heavy atom. The van der Waals surface area contributed by atoms with Crippen LogP contribution in [0.15, 0.2) is 71.7 Å². The van der Waals surface area contributed by atoms with E-state index in [2.05, 4.69) is 22.6 Å². The van der Waals surface area contributed by atoms with Crippen molar-refractivity contribution in [3.8, 4) is 5.75 Å². The van der Waals surface area contributed by atoms with Crippen molar-refractivity contribution in [3.63, 3.8) is 0 Å². The minimum absolute atomic E-state index is 0.0177. The standard InChI is InChI=1S/C21H17IO6/c1-25-16-8-4-14(5-9-16)21(24)17(10-13-2-6-15(22)7-3-13)19(20(23)28-21)18-11-26-12-27-18/h2-9,11,24H,10,12H2,1H3. The molecule has 4 rings (SSSR count). The van der Waals surface area contributed by atoms with Gasteiger partial charge in [0.25, 0.3) is 5.79 Å². The third kappa shape index (κ3) is 3.35. The van der Waals surface area contributed by atoms with Crippen LogP contribution in [0.1, 0.15) is 11.1 Å². The van der Waals surface area contributed by atoms with Crippen LogP contribution in [-0.4, -0.2) is 25.0 Å². The molecule has 2 aliphatic rings. The third-order valence-corrected chi connectivity index (χ3v) is 5.37. The molecule has 0 bridgehead atoms. The Balaban J connectivity index is 1.82. The van der Waals surface area contributed by atoms with E-state index in [9.17, 15) is 9.90 Å². The van der Waals surface area contributed by atoms with Gasteiger partial charge in [0.05, 0.1) is 7.11 Å². The van der Waals surface area contributed by atoms with E-state index >= 15 is 0 Å². The van der Waals surface area contributed by atoms with Gasteiger partial charge in [-0.1, -0.05) is 12.1 Å². The van der Waals surface area contributed by atoms with Crippen LogP contribution in [0.25, 0.3) is 0 Å². The van der Waals surface area contributed by atoms with Gasteiger partial charge in [-0.05, 0) is 64.6 Å². The van der Waals surface area contributed by atoms with Gasteiger partial charge < -0.3 is 24.1 Å². The normalized spacial score (nSPS) is 21.1. The number of hydrogen-bond donors (Lipinski definition) is 1. The molecule has 0 aromatic heterocycles. The summed E-state index contributed by atoms with van der Waals surface area (Å²) in [5, 5.41) is 11.4. The molecule has 144 valence electrons. The van der Waals surface area contributed by atoms with Gasteiger partial charge in [-0.3, -0.25) is 0 Å². The predicted molar refractivity (Wildman–Crippen MR) is 108 cm³/mol. The highest BCUT2D eigenvalue weighted by Gasteiger charge is 2.49. The van der Waals surface area contributed by atoms with E-state index in [-0.39, 0.29) is 18.1 Å². The Kier molecular flexibility index (Phi) is 5.03. The number of hydrogen-bond acceptors (Lipinski definition) is 6. The van der Waals surface area contributed by atoms with Gasteiger partial charge >= 0.3 is 5.97 Å². The van der Waals surface area contributed by atoms with Crippen molar-refractivity contribution in [1.82, 2.24) is 0 Å². The Hall–Kier alpha value is -2.52. The second-order valence-electron chi connectivity index (χ2n) is 6.33. The van der Waals surface area contributed by atoms with Crippen LogP contribution in [-0.2, 0) is 31.2 Å². The zero-order chi connectivity index (χ0) is 19.7. The minimum atomic E-state index is -1.91. The van der Waals surface area contributed by atoms with E-state index in [4.69, 9.17) is 18.9 Å². The Labute approximate surface area is 175 Å². The van der Waals surface area contributed by atoms with Gasteiger partial charge in [0.1, 0.15) is 17.6 Å². The molecule has 2 aliphatic heterocycles. The lowest BCUT2D eigenvalue weighted by Crippen LogP contribution is -2.29. The molecular weight excluding hydrogens is 475 g/mol. The number of carbonyl (C=O) groups excluding carboxylic acids is 1. The average Bonchev–Trinajstić information content (AvgIpc) is 3.31. The second kappa shape index (κ2) is 7.48. The fourth-order valence-electron chi connectivity index (χ4n) is 3.23. The topological polar surface area (TPSA) is 74.2 Å². The van der Waals surface area contributed by atoms with Gasteiger partial charge in [-0.25, -0.2) is 4.79 Å². The number of benzene rings is 2. The predicted octanol–water partition coefficient (Wildman–Crippen LogP) is 3.39. The van der Waals surface area contributed by atoms with Gasteiger partial charge in [-0.15, -0.1) is 0 Å². The Bertz CT molecular complexity index is 961. The lowest BCUT2D eigenvalue weighted by atomic mass is 9.90. The largest absolute Gasteiger partial charge is 0.497 e. The SMILES string of the molecule is COc1ccc(C2(O)OC(=O)C(C3=COCO3)=C2Cc2ccc(I)cc2)cc1. The number of ether oxygens (including phenoxy) is 4. The Morgan fingerprint density at radius 1 is 1.14 bits per heavy atom. The molecule has 0 radical (unpaired) electrons. The molecule has 0 fully saturated rings. The number of esters is 1. The molecule has 6 nitrogen and oxygen atoms in total. The van der Waals surface area contributed by atoms with Crippen LogP contribution >= 0.6 is 22.6 Å². The molecule has 0 amide bonds. The molecular formula is C21H17IO6. The first-order valence-corrected chi connectivity index (χ1v) is 9.62. The first kappa shape index (κ1) is 18.8. The van der Waals surface area contributed by atoms with E-state index in [1.54, 1.807) is 31.4 Å². The number of methoxy groups -OCH3 is 1. The van der Waals surface area contributed by atoms with Gasteiger partial charge in [0, 0.05) is 21.1 Å². The molecule has 28 heavy (non-hydrogen) atoms. The smallest absolute Gasteiger partial charge is 0.345 e. The van der Waals surface area contributed by atoms with Crippen molar-refractivity contribution in [1.29, 1.82) is 0 Å². The maximum atomic E-state index is 12.7. The number of halogens is 1. The quantitative estimate of drug-likeness (QED) is 0.510. The van der Waals surface area contributed by atoms with E-state index < -0.39 is 11.8 Å². The van der Waals surface area contributed by atoms with Crippen molar-refractivity contribution in [2.45, 2.75) is 12.2 Å². The van der Waals surface area contributed by atoms with Crippen LogP contribution in [0, 0.1) is 3.57 Å². The maximum Gasteiger partial charge on any atom is 0.345 e. The summed E-state index contributed by atoms with van der Waals surface area (Å²) in [5.74, 6) is -1.67. The summed E-state index contributed by atoms with van der Waals surface area (Å²) in [4.78, 5) is 12.7. The summed E-state index contributed by atoms with van der Waals surface area (Å²) in [6.45, 7) is 0.0177. The van der Waals surface area contributed by atoms with Crippen molar-refractivity contribution in [3.05, 3.63) is 86.4 Å². The zero-order valence-electron chi connectivity index (χ0n) is 15.0. The van der Waals surface area contributed by atoms with E-state index in [1.165, 1.54) is 6.26 Å². The molecule has 1 N–H and O–H groups in total. The van der Waals surface area contributed by atoms with Crippen molar-refractivity contribution < 1.29 is 28.8 Å². The molecule has 0 saturated carbocycles. The fourth-order valence-corrected chi connectivity index (χ4v) is 3.59. The summed E-state index contributed by atoms with van der Waals surface area (Å²) in [6, 6.07) is 14.6. The highest BCUT2D eigenvalue weighted by molar-refractivity contribution is 14.1. The number of aliphatic hydroxyl groups is 1. The summed E-state index contributed by atoms with van der Waals surface area (Å²) < 4.78 is 22.3. The number of cyclic esters (lactones) is 1. The molecule has 2 heterocycles. The lowest BCUT2D eigenvalue weighted by molar-refractivity contribution is -0.186. The van der Waals surface area contributed by atoms with Crippen LogP contribution in [0.4, 0.5) is 0 Å². The summed E-state index contributed by atoms with van der Waals surface area (Å²) in [7, 11) is 1.56. The molecule has 0 spiro atoms. The monoisotopic (exact) mass is 492 g/mol. The molecule has 1 atom stereocenters. The number of carbonyl (C=O) groups is 1. The molecule has 2 aromatic carbocycles. The molecule has 1 unspecified atom stereocenters. The maximum absolute atomic E-state index is 12.7. The molecule has 0 aliphatic carbocycles. The summed E-state index contributed by atoms with van der Waals surface area (Å²) >= 11 is 2.22. The van der Waals surface area contributed by atoms with E-state index in [0.29, 0.717) is 23.3 Å². The molecule has 2 aromatic rings. The van der Waals surface area contributed by atoms with Crippen LogP contribution in [0.3, 0.4) is 0 Å². The first-order chi connectivity index (χ1) is 13.5. The highest BCUT2D eigenvalue weighted by atomic mass is 127.